The van der Waals surface area contributed by atoms with E-state index in [2.05, 4.69) is 4.74 Å². The molecule has 0 radical (unpaired) electrons. The zero-order valence-corrected chi connectivity index (χ0v) is 13.2. The first-order valence-corrected chi connectivity index (χ1v) is 8.06. The first-order chi connectivity index (χ1) is 10.2. The number of nitrogens with zero attached hydrogens (tertiary/aromatic N) is 1. The summed E-state index contributed by atoms with van der Waals surface area (Å²) in [4.78, 5) is 23.8. The maximum Gasteiger partial charge on any atom is 0.324 e. The summed E-state index contributed by atoms with van der Waals surface area (Å²) in [5, 5.41) is 0. The number of carbonyl (C=O) groups excluding carboxylic acids is 2. The van der Waals surface area contributed by atoms with Crippen LogP contribution >= 0.6 is 0 Å². The minimum atomic E-state index is -4.09. The lowest BCUT2D eigenvalue weighted by Gasteiger charge is -2.34. The van der Waals surface area contributed by atoms with Gasteiger partial charge in [0.25, 0.3) is 0 Å². The standard InChI is InChI=1S/C14H16FNO5S/c1-8(2)13(14(18)21-3)16-7-11(17)10-6-9(15)4-5-12(10)22(16,19)20/h4-6,8,13H,7H2,1-3H3/t13-/m0/s1. The molecule has 1 aliphatic heterocycles. The van der Waals surface area contributed by atoms with Crippen LogP contribution in [0.2, 0.25) is 0 Å². The van der Waals surface area contributed by atoms with Gasteiger partial charge >= 0.3 is 5.97 Å². The molecule has 0 spiro atoms. The van der Waals surface area contributed by atoms with Gasteiger partial charge in [0.15, 0.2) is 5.78 Å². The largest absolute Gasteiger partial charge is 0.468 e. The van der Waals surface area contributed by atoms with Crippen LogP contribution in [0.25, 0.3) is 0 Å². The molecule has 8 heteroatoms. The topological polar surface area (TPSA) is 80.8 Å². The molecular weight excluding hydrogens is 313 g/mol. The molecular formula is C14H16FNO5S. The van der Waals surface area contributed by atoms with Gasteiger partial charge < -0.3 is 4.74 Å². The fraction of sp³-hybridized carbons (Fsp3) is 0.429. The molecule has 0 aliphatic carbocycles. The Labute approximate surface area is 127 Å². The Bertz CT molecular complexity index is 729. The van der Waals surface area contributed by atoms with Crippen LogP contribution in [0, 0.1) is 11.7 Å². The van der Waals surface area contributed by atoms with Crippen LogP contribution in [0.4, 0.5) is 4.39 Å². The highest BCUT2D eigenvalue weighted by atomic mass is 32.2. The van der Waals surface area contributed by atoms with E-state index in [4.69, 9.17) is 0 Å². The number of sulfonamides is 1. The molecule has 0 aromatic heterocycles. The number of carbonyl (C=O) groups is 2. The molecule has 2 rings (SSSR count). The fourth-order valence-corrected chi connectivity index (χ4v) is 4.33. The van der Waals surface area contributed by atoms with Crippen molar-refractivity contribution in [3.8, 4) is 0 Å². The number of methoxy groups -OCH3 is 1. The Morgan fingerprint density at radius 2 is 2.00 bits per heavy atom. The molecule has 1 heterocycles. The van der Waals surface area contributed by atoms with Crippen LogP contribution in [-0.2, 0) is 19.6 Å². The number of fused-ring (bicyclic) bond motifs is 1. The SMILES string of the molecule is COC(=O)[C@H](C(C)C)N1CC(=O)c2cc(F)ccc2S1(=O)=O. The molecule has 0 unspecified atom stereocenters. The van der Waals surface area contributed by atoms with E-state index in [1.54, 1.807) is 13.8 Å². The minimum Gasteiger partial charge on any atom is -0.468 e. The van der Waals surface area contributed by atoms with Crippen molar-refractivity contribution in [3.05, 3.63) is 29.6 Å². The quantitative estimate of drug-likeness (QED) is 0.779. The van der Waals surface area contributed by atoms with E-state index in [0.29, 0.717) is 0 Å². The van der Waals surface area contributed by atoms with Crippen LogP contribution in [0.5, 0.6) is 0 Å². The van der Waals surface area contributed by atoms with Crippen molar-refractivity contribution >= 4 is 21.8 Å². The number of benzene rings is 1. The van der Waals surface area contributed by atoms with Crippen LogP contribution in [0.1, 0.15) is 24.2 Å². The highest BCUT2D eigenvalue weighted by Crippen LogP contribution is 2.30. The first-order valence-electron chi connectivity index (χ1n) is 6.62. The highest BCUT2D eigenvalue weighted by molar-refractivity contribution is 7.89. The van der Waals surface area contributed by atoms with Crippen LogP contribution in [-0.4, -0.2) is 44.2 Å². The number of ether oxygens (including phenoxy) is 1. The summed E-state index contributed by atoms with van der Waals surface area (Å²) in [5.74, 6) is -2.38. The molecule has 120 valence electrons. The van der Waals surface area contributed by atoms with Gasteiger partial charge in [-0.1, -0.05) is 13.8 Å². The second-order valence-corrected chi connectivity index (χ2v) is 7.18. The summed E-state index contributed by atoms with van der Waals surface area (Å²) in [5.41, 5.74) is -0.191. The second kappa shape index (κ2) is 5.77. The lowest BCUT2D eigenvalue weighted by Crippen LogP contribution is -2.52. The summed E-state index contributed by atoms with van der Waals surface area (Å²) < 4.78 is 44.1. The summed E-state index contributed by atoms with van der Waals surface area (Å²) in [6, 6.07) is 1.79. The molecule has 0 saturated carbocycles. The van der Waals surface area contributed by atoms with Crippen molar-refractivity contribution in [2.75, 3.05) is 13.7 Å². The van der Waals surface area contributed by atoms with Crippen LogP contribution < -0.4 is 0 Å². The maximum absolute atomic E-state index is 13.3. The van der Waals surface area contributed by atoms with E-state index >= 15 is 0 Å². The van der Waals surface area contributed by atoms with Crippen molar-refractivity contribution in [1.29, 1.82) is 0 Å². The number of esters is 1. The molecule has 1 aromatic carbocycles. The fourth-order valence-electron chi connectivity index (χ4n) is 2.47. The van der Waals surface area contributed by atoms with Crippen molar-refractivity contribution in [2.24, 2.45) is 5.92 Å². The minimum absolute atomic E-state index is 0.191. The molecule has 22 heavy (non-hydrogen) atoms. The lowest BCUT2D eigenvalue weighted by molar-refractivity contribution is -0.146. The van der Waals surface area contributed by atoms with E-state index in [-0.39, 0.29) is 10.5 Å². The Hall–Kier alpha value is -1.80. The van der Waals surface area contributed by atoms with Crippen molar-refractivity contribution in [3.63, 3.8) is 0 Å². The lowest BCUT2D eigenvalue weighted by atomic mass is 10.0. The normalized spacial score (nSPS) is 18.9. The van der Waals surface area contributed by atoms with Gasteiger partial charge in [-0.15, -0.1) is 0 Å². The van der Waals surface area contributed by atoms with Crippen LogP contribution in [0.15, 0.2) is 23.1 Å². The van der Waals surface area contributed by atoms with Crippen molar-refractivity contribution in [2.45, 2.75) is 24.8 Å². The third-order valence-corrected chi connectivity index (χ3v) is 5.40. The van der Waals surface area contributed by atoms with Gasteiger partial charge in [0.1, 0.15) is 11.9 Å². The molecule has 6 nitrogen and oxygen atoms in total. The second-order valence-electron chi connectivity index (χ2n) is 5.33. The number of Topliss-reactive ketones (excluding diaryl/α,β-unsaturated/α-hetero) is 1. The molecule has 0 bridgehead atoms. The van der Waals surface area contributed by atoms with Gasteiger partial charge in [0.05, 0.1) is 18.6 Å². The molecule has 0 N–H and O–H groups in total. The number of hydrogen-bond donors (Lipinski definition) is 0. The van der Waals surface area contributed by atoms with E-state index in [1.165, 1.54) is 0 Å². The first kappa shape index (κ1) is 16.6. The third-order valence-electron chi connectivity index (χ3n) is 3.51. The zero-order valence-electron chi connectivity index (χ0n) is 12.4. The molecule has 1 aliphatic rings. The smallest absolute Gasteiger partial charge is 0.324 e. The number of rotatable bonds is 3. The Morgan fingerprint density at radius 3 is 2.55 bits per heavy atom. The average Bonchev–Trinajstić information content (AvgIpc) is 2.44. The number of halogens is 1. The van der Waals surface area contributed by atoms with Gasteiger partial charge in [0, 0.05) is 5.56 Å². The van der Waals surface area contributed by atoms with Gasteiger partial charge in [-0.2, -0.15) is 4.31 Å². The summed E-state index contributed by atoms with van der Waals surface area (Å²) in [6.07, 6.45) is 0. The summed E-state index contributed by atoms with van der Waals surface area (Å²) >= 11 is 0. The maximum atomic E-state index is 13.3. The van der Waals surface area contributed by atoms with E-state index in [0.717, 1.165) is 29.6 Å². The van der Waals surface area contributed by atoms with Gasteiger partial charge in [0.2, 0.25) is 10.0 Å². The zero-order chi connectivity index (χ0) is 16.7. The summed E-state index contributed by atoms with van der Waals surface area (Å²) in [7, 11) is -2.93. The molecule has 0 saturated heterocycles. The van der Waals surface area contributed by atoms with Gasteiger partial charge in [-0.05, 0) is 24.1 Å². The molecule has 1 atom stereocenters. The molecule has 0 amide bonds. The van der Waals surface area contributed by atoms with E-state index in [1.807, 2.05) is 0 Å². The molecule has 1 aromatic rings. The third kappa shape index (κ3) is 2.64. The van der Waals surface area contributed by atoms with Crippen molar-refractivity contribution < 1.29 is 27.1 Å². The van der Waals surface area contributed by atoms with E-state index in [9.17, 15) is 22.4 Å². The Balaban J connectivity index is 2.59. The van der Waals surface area contributed by atoms with Crippen molar-refractivity contribution in [1.82, 2.24) is 4.31 Å². The van der Waals surface area contributed by atoms with Gasteiger partial charge in [-0.25, -0.2) is 12.8 Å². The Kier molecular flexibility index (Phi) is 4.35. The van der Waals surface area contributed by atoms with Gasteiger partial charge in [-0.3, -0.25) is 9.59 Å². The number of ketones is 1. The monoisotopic (exact) mass is 329 g/mol. The summed E-state index contributed by atoms with van der Waals surface area (Å²) in [6.45, 7) is 2.79. The Morgan fingerprint density at radius 1 is 1.36 bits per heavy atom. The number of hydrogen-bond acceptors (Lipinski definition) is 5. The average molecular weight is 329 g/mol. The predicted molar refractivity (Wildman–Crippen MR) is 75.3 cm³/mol. The van der Waals surface area contributed by atoms with E-state index < -0.39 is 46.1 Å². The van der Waals surface area contributed by atoms with Crippen LogP contribution in [0.3, 0.4) is 0 Å². The predicted octanol–water partition coefficient (Wildman–Crippen LogP) is 1.21. The molecule has 0 fully saturated rings. The highest BCUT2D eigenvalue weighted by Gasteiger charge is 2.44.